The smallest absolute Gasteiger partial charge is 0.247 e. The van der Waals surface area contributed by atoms with Crippen LogP contribution >= 0.6 is 11.8 Å². The van der Waals surface area contributed by atoms with E-state index in [2.05, 4.69) is 12.2 Å². The highest BCUT2D eigenvalue weighted by molar-refractivity contribution is 8.01. The van der Waals surface area contributed by atoms with Crippen molar-refractivity contribution in [2.75, 3.05) is 17.6 Å². The molecule has 6 heteroatoms. The normalized spacial score (nSPS) is 16.2. The highest BCUT2D eigenvalue weighted by Gasteiger charge is 2.41. The molecule has 1 aromatic rings. The zero-order chi connectivity index (χ0) is 25.3. The predicted octanol–water partition coefficient (Wildman–Crippen LogP) is 6.90. The molecule has 1 aromatic carbocycles. The molecule has 0 saturated carbocycles. The number of phenols is 1. The van der Waals surface area contributed by atoms with E-state index in [0.29, 0.717) is 18.7 Å². The molecule has 0 aromatic heterocycles. The summed E-state index contributed by atoms with van der Waals surface area (Å²) in [5, 5.41) is 13.2. The van der Waals surface area contributed by atoms with Crippen LogP contribution in [0.1, 0.15) is 102 Å². The highest BCUT2D eigenvalue weighted by atomic mass is 32.2. The topological polar surface area (TPSA) is 69.6 Å². The number of hydrogen-bond acceptors (Lipinski definition) is 4. The number of aryl methyl sites for hydroxylation is 1. The van der Waals surface area contributed by atoms with Gasteiger partial charge in [-0.1, -0.05) is 51.9 Å². The molecule has 1 atom stereocenters. The number of anilines is 1. The van der Waals surface area contributed by atoms with E-state index in [-0.39, 0.29) is 17.6 Å². The quantitative estimate of drug-likeness (QED) is 0.233. The van der Waals surface area contributed by atoms with Gasteiger partial charge >= 0.3 is 0 Å². The second kappa shape index (κ2) is 13.4. The van der Waals surface area contributed by atoms with Crippen LogP contribution in [0.2, 0.25) is 0 Å². The summed E-state index contributed by atoms with van der Waals surface area (Å²) in [6.07, 6.45) is 11.8. The number of rotatable bonds is 13. The van der Waals surface area contributed by atoms with Crippen molar-refractivity contribution in [1.29, 1.82) is 0 Å². The highest BCUT2D eigenvalue weighted by Crippen LogP contribution is 2.33. The van der Waals surface area contributed by atoms with E-state index in [4.69, 9.17) is 0 Å². The lowest BCUT2D eigenvalue weighted by atomic mass is 10.0. The number of carbonyl (C=O) groups excluding carboxylic acids is 2. The van der Waals surface area contributed by atoms with E-state index < -0.39 is 10.8 Å². The first-order chi connectivity index (χ1) is 16.1. The van der Waals surface area contributed by atoms with Gasteiger partial charge in [0, 0.05) is 12.2 Å². The molecule has 1 aliphatic heterocycles. The van der Waals surface area contributed by atoms with Crippen molar-refractivity contribution in [2.24, 2.45) is 0 Å². The third kappa shape index (κ3) is 7.66. The van der Waals surface area contributed by atoms with Crippen molar-refractivity contribution >= 4 is 29.3 Å². The molecular weight excluding hydrogens is 444 g/mol. The van der Waals surface area contributed by atoms with Crippen LogP contribution in [0.5, 0.6) is 5.75 Å². The number of likely N-dealkylation sites (tertiary alicyclic amines) is 1. The number of nitrogens with zero attached hydrogens (tertiary/aromatic N) is 1. The van der Waals surface area contributed by atoms with Crippen LogP contribution in [-0.2, 0) is 9.59 Å². The summed E-state index contributed by atoms with van der Waals surface area (Å²) in [6.45, 7) is 12.4. The Bertz CT molecular complexity index is 837. The fourth-order valence-corrected chi connectivity index (χ4v) is 5.77. The molecule has 0 radical (unpaired) electrons. The Morgan fingerprint density at radius 2 is 1.68 bits per heavy atom. The standard InChI is InChI=1S/C28H46N2O3S/c1-7-8-9-10-11-12-13-14-18-34-28(5,6)27(33)30-17-15-16-24(30)26(32)29-23-19-20(2)25(31)22(4)21(23)3/h19,24,31H,7-18H2,1-6H3,(H,29,32). The summed E-state index contributed by atoms with van der Waals surface area (Å²) in [6, 6.07) is 1.37. The van der Waals surface area contributed by atoms with Crippen molar-refractivity contribution < 1.29 is 14.7 Å². The number of phenolic OH excluding ortho intramolecular Hbond substituents is 1. The number of carbonyl (C=O) groups is 2. The first kappa shape index (κ1) is 28.5. The summed E-state index contributed by atoms with van der Waals surface area (Å²) < 4.78 is -0.536. The second-order valence-corrected chi connectivity index (χ2v) is 12.0. The molecule has 1 heterocycles. The molecule has 0 aliphatic carbocycles. The number of aromatic hydroxyl groups is 1. The van der Waals surface area contributed by atoms with Gasteiger partial charge in [0.25, 0.3) is 0 Å². The minimum Gasteiger partial charge on any atom is -0.507 e. The van der Waals surface area contributed by atoms with Crippen molar-refractivity contribution in [3.05, 3.63) is 22.8 Å². The Labute approximate surface area is 211 Å². The predicted molar refractivity (Wildman–Crippen MR) is 145 cm³/mol. The zero-order valence-corrected chi connectivity index (χ0v) is 23.1. The second-order valence-electron chi connectivity index (χ2n) is 10.3. The number of thioether (sulfide) groups is 1. The van der Waals surface area contributed by atoms with Gasteiger partial charge in [-0.05, 0) is 82.4 Å². The van der Waals surface area contributed by atoms with Crippen molar-refractivity contribution in [3.63, 3.8) is 0 Å². The van der Waals surface area contributed by atoms with E-state index in [1.165, 1.54) is 44.9 Å². The molecule has 1 fully saturated rings. The summed E-state index contributed by atoms with van der Waals surface area (Å²) in [4.78, 5) is 28.4. The van der Waals surface area contributed by atoms with Gasteiger partial charge in [-0.25, -0.2) is 0 Å². The monoisotopic (exact) mass is 490 g/mol. The fourth-order valence-electron chi connectivity index (χ4n) is 4.67. The van der Waals surface area contributed by atoms with Gasteiger partial charge in [-0.3, -0.25) is 9.59 Å². The molecular formula is C28H46N2O3S. The maximum Gasteiger partial charge on any atom is 0.247 e. The van der Waals surface area contributed by atoms with E-state index >= 15 is 0 Å². The molecule has 0 bridgehead atoms. The number of hydrogen-bond donors (Lipinski definition) is 2. The minimum atomic E-state index is -0.536. The first-order valence-corrected chi connectivity index (χ1v) is 14.1. The van der Waals surface area contributed by atoms with Crippen LogP contribution in [0.4, 0.5) is 5.69 Å². The lowest BCUT2D eigenvalue weighted by Crippen LogP contribution is -2.49. The zero-order valence-electron chi connectivity index (χ0n) is 22.3. The van der Waals surface area contributed by atoms with Gasteiger partial charge in [0.05, 0.1) is 4.75 Å². The summed E-state index contributed by atoms with van der Waals surface area (Å²) in [5.41, 5.74) is 3.07. The van der Waals surface area contributed by atoms with Gasteiger partial charge in [0.2, 0.25) is 11.8 Å². The van der Waals surface area contributed by atoms with Crippen LogP contribution in [0, 0.1) is 20.8 Å². The van der Waals surface area contributed by atoms with Crippen LogP contribution in [0.3, 0.4) is 0 Å². The Hall–Kier alpha value is -1.69. The van der Waals surface area contributed by atoms with Gasteiger partial charge in [0.15, 0.2) is 0 Å². The molecule has 34 heavy (non-hydrogen) atoms. The molecule has 1 saturated heterocycles. The number of amides is 2. The van der Waals surface area contributed by atoms with E-state index in [0.717, 1.165) is 35.3 Å². The molecule has 5 nitrogen and oxygen atoms in total. The van der Waals surface area contributed by atoms with Crippen LogP contribution in [-0.4, -0.2) is 44.9 Å². The van der Waals surface area contributed by atoms with Gasteiger partial charge in [-0.15, -0.1) is 11.8 Å². The Morgan fingerprint density at radius 1 is 1.06 bits per heavy atom. The fraction of sp³-hybridized carbons (Fsp3) is 0.714. The average Bonchev–Trinajstić information content (AvgIpc) is 3.29. The van der Waals surface area contributed by atoms with Crippen molar-refractivity contribution in [2.45, 2.75) is 117 Å². The number of benzene rings is 1. The summed E-state index contributed by atoms with van der Waals surface area (Å²) >= 11 is 1.72. The summed E-state index contributed by atoms with van der Waals surface area (Å²) in [7, 11) is 0. The Morgan fingerprint density at radius 3 is 2.32 bits per heavy atom. The summed E-state index contributed by atoms with van der Waals surface area (Å²) in [5.74, 6) is 1.17. The van der Waals surface area contributed by atoms with E-state index in [1.807, 2.05) is 34.6 Å². The molecule has 192 valence electrons. The SMILES string of the molecule is CCCCCCCCCCSC(C)(C)C(=O)N1CCCC1C(=O)Nc1cc(C)c(O)c(C)c1C. The Kier molecular flexibility index (Phi) is 11.3. The lowest BCUT2D eigenvalue weighted by Gasteiger charge is -2.32. The lowest BCUT2D eigenvalue weighted by molar-refractivity contribution is -0.138. The van der Waals surface area contributed by atoms with Crippen LogP contribution in [0.25, 0.3) is 0 Å². The molecule has 2 rings (SSSR count). The van der Waals surface area contributed by atoms with Crippen LogP contribution < -0.4 is 5.32 Å². The average molecular weight is 491 g/mol. The molecule has 2 amide bonds. The molecule has 1 unspecified atom stereocenters. The van der Waals surface area contributed by atoms with Gasteiger partial charge in [0.1, 0.15) is 11.8 Å². The van der Waals surface area contributed by atoms with Gasteiger partial charge < -0.3 is 15.3 Å². The molecule has 0 spiro atoms. The number of nitrogens with one attached hydrogen (secondary N) is 1. The maximum atomic E-state index is 13.4. The van der Waals surface area contributed by atoms with E-state index in [1.54, 1.807) is 22.7 Å². The van der Waals surface area contributed by atoms with Gasteiger partial charge in [-0.2, -0.15) is 0 Å². The van der Waals surface area contributed by atoms with Crippen molar-refractivity contribution in [1.82, 2.24) is 4.90 Å². The minimum absolute atomic E-state index is 0.0597. The largest absolute Gasteiger partial charge is 0.507 e. The first-order valence-electron chi connectivity index (χ1n) is 13.2. The van der Waals surface area contributed by atoms with Crippen LogP contribution in [0.15, 0.2) is 6.07 Å². The third-order valence-electron chi connectivity index (χ3n) is 7.11. The number of unbranched alkanes of at least 4 members (excludes halogenated alkanes) is 7. The third-order valence-corrected chi connectivity index (χ3v) is 8.50. The maximum absolute atomic E-state index is 13.4. The van der Waals surface area contributed by atoms with Crippen molar-refractivity contribution in [3.8, 4) is 5.75 Å². The van der Waals surface area contributed by atoms with E-state index in [9.17, 15) is 14.7 Å². The Balaban J connectivity index is 1.88. The molecule has 2 N–H and O–H groups in total. The molecule has 1 aliphatic rings.